The Morgan fingerprint density at radius 1 is 1.13 bits per heavy atom. The van der Waals surface area contributed by atoms with Gasteiger partial charge in [0.05, 0.1) is 16.5 Å². The SMILES string of the molecule is N#CC(Cc1ccc(-c2ccc3c(c2)CNS3(=O)=O)cc1)NC(=O)C1(N)CCCCC1. The van der Waals surface area contributed by atoms with E-state index >= 15 is 0 Å². The van der Waals surface area contributed by atoms with Crippen molar-refractivity contribution in [1.29, 1.82) is 5.26 Å². The fraction of sp³-hybridized carbons (Fsp3) is 0.391. The van der Waals surface area contributed by atoms with Gasteiger partial charge in [0.2, 0.25) is 15.9 Å². The highest BCUT2D eigenvalue weighted by atomic mass is 32.2. The lowest BCUT2D eigenvalue weighted by molar-refractivity contribution is -0.127. The van der Waals surface area contributed by atoms with Crippen LogP contribution in [0.15, 0.2) is 47.4 Å². The summed E-state index contributed by atoms with van der Waals surface area (Å²) in [4.78, 5) is 13.0. The van der Waals surface area contributed by atoms with Gasteiger partial charge >= 0.3 is 0 Å². The minimum Gasteiger partial charge on any atom is -0.338 e. The molecule has 2 aromatic rings. The number of nitrogens with one attached hydrogen (secondary N) is 2. The van der Waals surface area contributed by atoms with E-state index in [9.17, 15) is 18.5 Å². The molecule has 0 aromatic heterocycles. The van der Waals surface area contributed by atoms with Gasteiger partial charge in [0, 0.05) is 13.0 Å². The van der Waals surface area contributed by atoms with E-state index in [0.29, 0.717) is 30.7 Å². The van der Waals surface area contributed by atoms with Crippen molar-refractivity contribution >= 4 is 15.9 Å². The zero-order valence-electron chi connectivity index (χ0n) is 17.2. The maximum Gasteiger partial charge on any atom is 0.241 e. The van der Waals surface area contributed by atoms with Gasteiger partial charge in [0.15, 0.2) is 0 Å². The summed E-state index contributed by atoms with van der Waals surface area (Å²) in [7, 11) is -3.37. The summed E-state index contributed by atoms with van der Waals surface area (Å²) >= 11 is 0. The fourth-order valence-electron chi connectivity index (χ4n) is 4.32. The summed E-state index contributed by atoms with van der Waals surface area (Å²) < 4.78 is 26.3. The van der Waals surface area contributed by atoms with Crippen LogP contribution in [0, 0.1) is 11.3 Å². The largest absolute Gasteiger partial charge is 0.338 e. The number of nitriles is 1. The number of rotatable bonds is 5. The fourth-order valence-corrected chi connectivity index (χ4v) is 5.54. The van der Waals surface area contributed by atoms with Crippen molar-refractivity contribution in [1.82, 2.24) is 10.0 Å². The molecule has 1 aliphatic heterocycles. The highest BCUT2D eigenvalue weighted by molar-refractivity contribution is 7.89. The van der Waals surface area contributed by atoms with E-state index in [-0.39, 0.29) is 5.91 Å². The third-order valence-electron chi connectivity index (χ3n) is 6.19. The van der Waals surface area contributed by atoms with E-state index in [1.165, 1.54) is 0 Å². The van der Waals surface area contributed by atoms with Crippen LogP contribution >= 0.6 is 0 Å². The predicted octanol–water partition coefficient (Wildman–Crippen LogP) is 2.36. The average Bonchev–Trinajstić information content (AvgIpc) is 3.08. The van der Waals surface area contributed by atoms with E-state index in [4.69, 9.17) is 5.73 Å². The molecule has 0 bridgehead atoms. The lowest BCUT2D eigenvalue weighted by Gasteiger charge is -2.32. The number of sulfonamides is 1. The van der Waals surface area contributed by atoms with Gasteiger partial charge in [0.25, 0.3) is 0 Å². The van der Waals surface area contributed by atoms with Crippen molar-refractivity contribution in [2.24, 2.45) is 5.73 Å². The standard InChI is InChI=1S/C23H26N4O3S/c24-14-20(27-22(28)23(25)10-2-1-3-11-23)12-16-4-6-17(7-5-16)18-8-9-21-19(13-18)15-26-31(21,29)30/h4-9,13,20,26H,1-3,10-12,15,25H2,(H,27,28). The highest BCUT2D eigenvalue weighted by Gasteiger charge is 2.36. The molecule has 1 aliphatic carbocycles. The van der Waals surface area contributed by atoms with Crippen LogP contribution in [0.25, 0.3) is 11.1 Å². The highest BCUT2D eigenvalue weighted by Crippen LogP contribution is 2.29. The number of carbonyl (C=O) groups excluding carboxylic acids is 1. The number of nitrogens with two attached hydrogens (primary N) is 1. The van der Waals surface area contributed by atoms with Gasteiger partial charge in [-0.05, 0) is 47.2 Å². The van der Waals surface area contributed by atoms with Crippen LogP contribution < -0.4 is 15.8 Å². The van der Waals surface area contributed by atoms with Crippen LogP contribution in [0.5, 0.6) is 0 Å². The molecule has 4 rings (SSSR count). The summed E-state index contributed by atoms with van der Waals surface area (Å²) in [6.45, 7) is 0.301. The zero-order chi connectivity index (χ0) is 22.1. The molecule has 1 fully saturated rings. The van der Waals surface area contributed by atoms with Gasteiger partial charge in [-0.1, -0.05) is 49.6 Å². The molecule has 31 heavy (non-hydrogen) atoms. The second-order valence-corrected chi connectivity index (χ2v) is 10.2. The normalized spacial score (nSPS) is 19.7. The molecule has 1 amide bonds. The Morgan fingerprint density at radius 3 is 2.48 bits per heavy atom. The van der Waals surface area contributed by atoms with Gasteiger partial charge in [-0.15, -0.1) is 0 Å². The minimum atomic E-state index is -3.37. The quantitative estimate of drug-likeness (QED) is 0.661. The molecule has 1 atom stereocenters. The van der Waals surface area contributed by atoms with E-state index in [1.54, 1.807) is 12.1 Å². The average molecular weight is 439 g/mol. The van der Waals surface area contributed by atoms with Crippen LogP contribution in [-0.2, 0) is 27.8 Å². The zero-order valence-corrected chi connectivity index (χ0v) is 18.0. The van der Waals surface area contributed by atoms with E-state index < -0.39 is 21.6 Å². The van der Waals surface area contributed by atoms with Crippen molar-refractivity contribution in [3.63, 3.8) is 0 Å². The van der Waals surface area contributed by atoms with Gasteiger partial charge < -0.3 is 11.1 Å². The molecule has 8 heteroatoms. The van der Waals surface area contributed by atoms with Gasteiger partial charge in [-0.3, -0.25) is 4.79 Å². The molecule has 2 aromatic carbocycles. The smallest absolute Gasteiger partial charge is 0.241 e. The van der Waals surface area contributed by atoms with Crippen LogP contribution in [0.2, 0.25) is 0 Å². The van der Waals surface area contributed by atoms with Gasteiger partial charge in [0.1, 0.15) is 6.04 Å². The molecule has 4 N–H and O–H groups in total. The Bertz CT molecular complexity index is 1130. The van der Waals surface area contributed by atoms with E-state index in [2.05, 4.69) is 16.1 Å². The van der Waals surface area contributed by atoms with Crippen molar-refractivity contribution in [3.05, 3.63) is 53.6 Å². The monoisotopic (exact) mass is 438 g/mol. The second kappa shape index (κ2) is 8.42. The third kappa shape index (κ3) is 4.49. The Morgan fingerprint density at radius 2 is 1.81 bits per heavy atom. The van der Waals surface area contributed by atoms with Crippen LogP contribution in [0.1, 0.15) is 43.2 Å². The summed E-state index contributed by atoms with van der Waals surface area (Å²) in [5.41, 5.74) is 8.97. The van der Waals surface area contributed by atoms with Gasteiger partial charge in [-0.25, -0.2) is 13.1 Å². The topological polar surface area (TPSA) is 125 Å². The Balaban J connectivity index is 1.43. The number of carbonyl (C=O) groups is 1. The summed E-state index contributed by atoms with van der Waals surface area (Å²) in [5.74, 6) is -0.239. The van der Waals surface area contributed by atoms with Crippen molar-refractivity contribution in [3.8, 4) is 17.2 Å². The lowest BCUT2D eigenvalue weighted by Crippen LogP contribution is -2.57. The van der Waals surface area contributed by atoms with Crippen molar-refractivity contribution < 1.29 is 13.2 Å². The summed E-state index contributed by atoms with van der Waals surface area (Å²) in [5, 5.41) is 12.3. The summed E-state index contributed by atoms with van der Waals surface area (Å²) in [6, 6.07) is 14.6. The lowest BCUT2D eigenvalue weighted by atomic mass is 9.81. The first kappa shape index (κ1) is 21.5. The maximum atomic E-state index is 12.6. The molecule has 2 aliphatic rings. The number of fused-ring (bicyclic) bond motifs is 1. The number of benzene rings is 2. The van der Waals surface area contributed by atoms with Crippen molar-refractivity contribution in [2.45, 2.75) is 61.5 Å². The molecule has 7 nitrogen and oxygen atoms in total. The minimum absolute atomic E-state index is 0.239. The molecule has 1 unspecified atom stereocenters. The Labute approximate surface area is 182 Å². The third-order valence-corrected chi connectivity index (χ3v) is 7.69. The first-order valence-electron chi connectivity index (χ1n) is 10.5. The molecular weight excluding hydrogens is 412 g/mol. The molecule has 0 radical (unpaired) electrons. The van der Waals surface area contributed by atoms with Gasteiger partial charge in [-0.2, -0.15) is 5.26 Å². The predicted molar refractivity (Wildman–Crippen MR) is 117 cm³/mol. The molecule has 0 saturated heterocycles. The Hall–Kier alpha value is -2.73. The number of hydrogen-bond acceptors (Lipinski definition) is 5. The summed E-state index contributed by atoms with van der Waals surface area (Å²) in [6.07, 6.45) is 4.68. The molecular formula is C23H26N4O3S. The molecule has 1 saturated carbocycles. The first-order chi connectivity index (χ1) is 14.8. The van der Waals surface area contributed by atoms with E-state index in [1.807, 2.05) is 30.3 Å². The van der Waals surface area contributed by atoms with E-state index in [0.717, 1.165) is 41.5 Å². The number of amides is 1. The van der Waals surface area contributed by atoms with Crippen LogP contribution in [0.4, 0.5) is 0 Å². The van der Waals surface area contributed by atoms with Crippen LogP contribution in [0.3, 0.4) is 0 Å². The molecule has 1 heterocycles. The first-order valence-corrected chi connectivity index (χ1v) is 12.0. The molecule has 162 valence electrons. The van der Waals surface area contributed by atoms with Crippen LogP contribution in [-0.4, -0.2) is 25.9 Å². The molecule has 0 spiro atoms. The second-order valence-electron chi connectivity index (χ2n) is 8.42. The van der Waals surface area contributed by atoms with Crippen molar-refractivity contribution in [2.75, 3.05) is 0 Å². The number of hydrogen-bond donors (Lipinski definition) is 3. The Kier molecular flexibility index (Phi) is 5.84. The number of nitrogens with zero attached hydrogens (tertiary/aromatic N) is 1. The maximum absolute atomic E-state index is 12.6.